The summed E-state index contributed by atoms with van der Waals surface area (Å²) in [7, 11) is 41.2. The molecule has 0 aromatic heterocycles. The SMILES string of the molecule is [B]C([B])([B])OC([B])([B])C([B])([B])Oc1ccc(N2CCN(CCNC)CC2)cc1. The van der Waals surface area contributed by atoms with E-state index < -0.39 is 16.1 Å². The van der Waals surface area contributed by atoms with Crippen LogP contribution in [-0.2, 0) is 4.74 Å². The van der Waals surface area contributed by atoms with E-state index >= 15 is 0 Å². The second-order valence-electron chi connectivity index (χ2n) is 7.07. The highest BCUT2D eigenvalue weighted by molar-refractivity contribution is 6.59. The Morgan fingerprint density at radius 1 is 0.893 bits per heavy atom. The van der Waals surface area contributed by atoms with Crippen molar-refractivity contribution in [3.8, 4) is 5.75 Å². The van der Waals surface area contributed by atoms with Crippen LogP contribution in [0, 0.1) is 0 Å². The van der Waals surface area contributed by atoms with Gasteiger partial charge in [-0.3, -0.25) is 4.90 Å². The lowest BCUT2D eigenvalue weighted by Gasteiger charge is -2.48. The van der Waals surface area contributed by atoms with Crippen LogP contribution in [-0.4, -0.2) is 122 Å². The number of likely N-dealkylation sites (N-methyl/N-ethyl adjacent to an activating group) is 1. The monoisotopic (exact) mass is 363 g/mol. The van der Waals surface area contributed by atoms with Gasteiger partial charge in [-0.2, -0.15) is 0 Å². The molecule has 0 unspecified atom stereocenters. The molecule has 132 valence electrons. The van der Waals surface area contributed by atoms with Gasteiger partial charge in [0.2, 0.25) is 0 Å². The van der Waals surface area contributed by atoms with E-state index in [2.05, 4.69) is 15.1 Å². The highest BCUT2D eigenvalue weighted by Crippen LogP contribution is 2.27. The summed E-state index contributed by atoms with van der Waals surface area (Å²) in [5, 5.41) is -3.35. The minimum Gasteiger partial charge on any atom is -0.506 e. The third-order valence-electron chi connectivity index (χ3n) is 4.50. The highest BCUT2D eigenvalue weighted by Gasteiger charge is 2.39. The van der Waals surface area contributed by atoms with Crippen molar-refractivity contribution in [1.82, 2.24) is 10.2 Å². The van der Waals surface area contributed by atoms with E-state index in [-0.39, 0.29) is 0 Å². The smallest absolute Gasteiger partial charge is 0.118 e. The Morgan fingerprint density at radius 3 is 1.96 bits per heavy atom. The fourth-order valence-electron chi connectivity index (χ4n) is 2.87. The zero-order valence-corrected chi connectivity index (χ0v) is 16.3. The second kappa shape index (κ2) is 9.31. The maximum Gasteiger partial charge on any atom is 0.118 e. The molecule has 1 aromatic rings. The molecular formula is C16H20B7N3O2. The number of piperazine rings is 1. The molecule has 0 atom stereocenters. The molecular weight excluding hydrogens is 342 g/mol. The first-order valence-corrected chi connectivity index (χ1v) is 9.07. The van der Waals surface area contributed by atoms with Crippen molar-refractivity contribution in [3.63, 3.8) is 0 Å². The fourth-order valence-corrected chi connectivity index (χ4v) is 2.87. The van der Waals surface area contributed by atoms with Crippen molar-refractivity contribution in [3.05, 3.63) is 24.3 Å². The van der Waals surface area contributed by atoms with Crippen LogP contribution in [0.25, 0.3) is 0 Å². The summed E-state index contributed by atoms with van der Waals surface area (Å²) in [6, 6.07) is 7.24. The molecule has 28 heavy (non-hydrogen) atoms. The summed E-state index contributed by atoms with van der Waals surface area (Å²) in [6.07, 6.45) is 0. The normalized spacial score (nSPS) is 16.8. The summed E-state index contributed by atoms with van der Waals surface area (Å²) in [5.41, 5.74) is 1.06. The molecule has 1 heterocycles. The molecule has 2 rings (SSSR count). The van der Waals surface area contributed by atoms with Crippen molar-refractivity contribution in [1.29, 1.82) is 0 Å². The topological polar surface area (TPSA) is 37.0 Å². The number of rotatable bonds is 9. The Hall–Kier alpha value is -0.845. The molecule has 1 aliphatic rings. The van der Waals surface area contributed by atoms with E-state index in [9.17, 15) is 0 Å². The van der Waals surface area contributed by atoms with Gasteiger partial charge in [0.05, 0.1) is 23.5 Å². The zero-order valence-electron chi connectivity index (χ0n) is 16.3. The first-order chi connectivity index (χ1) is 12.9. The molecule has 1 fully saturated rings. The quantitative estimate of drug-likeness (QED) is 0.493. The van der Waals surface area contributed by atoms with Crippen LogP contribution in [0.4, 0.5) is 5.69 Å². The van der Waals surface area contributed by atoms with Crippen LogP contribution in [0.3, 0.4) is 0 Å². The average Bonchev–Trinajstić information content (AvgIpc) is 2.58. The van der Waals surface area contributed by atoms with Crippen molar-refractivity contribution < 1.29 is 9.47 Å². The largest absolute Gasteiger partial charge is 0.506 e. The molecule has 14 radical (unpaired) electrons. The number of nitrogens with one attached hydrogen (secondary N) is 1. The molecule has 1 aromatic carbocycles. The Morgan fingerprint density at radius 2 is 1.46 bits per heavy atom. The van der Waals surface area contributed by atoms with Crippen LogP contribution >= 0.6 is 0 Å². The van der Waals surface area contributed by atoms with Crippen LogP contribution in [0.2, 0.25) is 0 Å². The van der Waals surface area contributed by atoms with E-state index in [0.29, 0.717) is 5.75 Å². The van der Waals surface area contributed by atoms with Crippen LogP contribution in [0.1, 0.15) is 0 Å². The first-order valence-electron chi connectivity index (χ1n) is 9.07. The predicted molar refractivity (Wildman–Crippen MR) is 119 cm³/mol. The predicted octanol–water partition coefficient (Wildman–Crippen LogP) is -2.48. The fraction of sp³-hybridized carbons (Fsp3) is 0.625. The van der Waals surface area contributed by atoms with Gasteiger partial charge in [-0.15, -0.1) is 0 Å². The standard InChI is InChI=1S/C16H20B7N3O2/c1-24-6-7-25-8-10-26(11-9-25)12-2-4-13(5-3-12)27-14(17,18)15(19,20)28-16(21,22)23/h2-5,24H,6-11H2,1H3. The lowest BCUT2D eigenvalue weighted by Crippen LogP contribution is -2.65. The minimum atomic E-state index is -2.24. The van der Waals surface area contributed by atoms with E-state index in [1.165, 1.54) is 0 Å². The van der Waals surface area contributed by atoms with E-state index in [0.717, 1.165) is 45.0 Å². The molecule has 0 amide bonds. The van der Waals surface area contributed by atoms with Crippen molar-refractivity contribution in [2.75, 3.05) is 51.2 Å². The molecule has 12 heteroatoms. The summed E-state index contributed by atoms with van der Waals surface area (Å²) < 4.78 is 10.4. The molecule has 0 bridgehead atoms. The maximum atomic E-state index is 5.86. The number of nitrogens with zero attached hydrogens (tertiary/aromatic N) is 2. The van der Waals surface area contributed by atoms with Gasteiger partial charge >= 0.3 is 0 Å². The van der Waals surface area contributed by atoms with Crippen molar-refractivity contribution in [2.24, 2.45) is 0 Å². The van der Waals surface area contributed by atoms with Gasteiger partial charge in [-0.05, 0) is 36.6 Å². The van der Waals surface area contributed by atoms with E-state index in [4.69, 9.17) is 64.4 Å². The lowest BCUT2D eigenvalue weighted by atomic mass is 9.40. The highest BCUT2D eigenvalue weighted by atomic mass is 16.6. The Labute approximate surface area is 177 Å². The lowest BCUT2D eigenvalue weighted by molar-refractivity contribution is 0.00241. The Balaban J connectivity index is 1.95. The molecule has 1 aliphatic heterocycles. The van der Waals surface area contributed by atoms with E-state index in [1.54, 1.807) is 12.1 Å². The Kier molecular flexibility index (Phi) is 7.79. The van der Waals surface area contributed by atoms with Gasteiger partial charge < -0.3 is 19.7 Å². The number of ether oxygens (including phenoxy) is 2. The zero-order chi connectivity index (χ0) is 21.0. The van der Waals surface area contributed by atoms with Crippen LogP contribution < -0.4 is 15.0 Å². The molecule has 1 N–H and O–H groups in total. The van der Waals surface area contributed by atoms with E-state index in [1.807, 2.05) is 19.2 Å². The summed E-state index contributed by atoms with van der Waals surface area (Å²) in [6.45, 7) is 5.93. The van der Waals surface area contributed by atoms with Gasteiger partial charge in [0.25, 0.3) is 0 Å². The van der Waals surface area contributed by atoms with Crippen LogP contribution in [0.15, 0.2) is 24.3 Å². The molecule has 0 spiro atoms. The van der Waals surface area contributed by atoms with Gasteiger partial charge in [0.15, 0.2) is 0 Å². The summed E-state index contributed by atoms with van der Waals surface area (Å²) >= 11 is 0. The summed E-state index contributed by atoms with van der Waals surface area (Å²) in [4.78, 5) is 4.72. The van der Waals surface area contributed by atoms with Crippen molar-refractivity contribution >= 4 is 60.6 Å². The molecule has 5 nitrogen and oxygen atoms in total. The van der Waals surface area contributed by atoms with Gasteiger partial charge in [0.1, 0.15) is 37.1 Å². The number of hydrogen-bond donors (Lipinski definition) is 1. The second-order valence-corrected chi connectivity index (χ2v) is 7.07. The first kappa shape index (κ1) is 23.4. The maximum absolute atomic E-state index is 5.86. The third-order valence-corrected chi connectivity index (χ3v) is 4.50. The molecule has 0 aliphatic carbocycles. The number of anilines is 1. The molecule has 1 saturated heterocycles. The van der Waals surface area contributed by atoms with Crippen molar-refractivity contribution in [2.45, 2.75) is 16.1 Å². The van der Waals surface area contributed by atoms with Gasteiger partial charge in [-0.25, -0.2) is 0 Å². The third kappa shape index (κ3) is 6.60. The van der Waals surface area contributed by atoms with Gasteiger partial charge in [0, 0.05) is 55.8 Å². The number of hydrogen-bond acceptors (Lipinski definition) is 5. The van der Waals surface area contributed by atoms with Gasteiger partial charge in [-0.1, -0.05) is 0 Å². The minimum absolute atomic E-state index is 0.349. The average molecular weight is 362 g/mol. The number of benzene rings is 1. The Bertz CT molecular complexity index is 618. The van der Waals surface area contributed by atoms with Crippen LogP contribution in [0.5, 0.6) is 5.75 Å². The summed E-state index contributed by atoms with van der Waals surface area (Å²) in [5.74, 6) is 0.349. The molecule has 0 saturated carbocycles.